The maximum Gasteiger partial charge on any atom is 0.127 e. The van der Waals surface area contributed by atoms with Gasteiger partial charge in [-0.3, -0.25) is 0 Å². The minimum Gasteiger partial charge on any atom is -0.497 e. The summed E-state index contributed by atoms with van der Waals surface area (Å²) in [6.45, 7) is 10.0. The van der Waals surface area contributed by atoms with Crippen molar-refractivity contribution < 1.29 is 14.2 Å². The van der Waals surface area contributed by atoms with Gasteiger partial charge in [-0.25, -0.2) is 0 Å². The van der Waals surface area contributed by atoms with Crippen LogP contribution in [0.3, 0.4) is 0 Å². The number of benzene rings is 1. The van der Waals surface area contributed by atoms with Gasteiger partial charge in [-0.2, -0.15) is 0 Å². The molecule has 0 aliphatic carbocycles. The van der Waals surface area contributed by atoms with Gasteiger partial charge in [0, 0.05) is 24.8 Å². The molecule has 1 aromatic carbocycles. The maximum atomic E-state index is 5.79. The summed E-state index contributed by atoms with van der Waals surface area (Å²) < 4.78 is 16.3. The summed E-state index contributed by atoms with van der Waals surface area (Å²) in [6.07, 6.45) is 0. The molecule has 4 nitrogen and oxygen atoms in total. The van der Waals surface area contributed by atoms with Gasteiger partial charge in [-0.15, -0.1) is 0 Å². The average molecular weight is 281 g/mol. The van der Waals surface area contributed by atoms with Crippen LogP contribution in [0.4, 0.5) is 0 Å². The van der Waals surface area contributed by atoms with Crippen LogP contribution in [-0.4, -0.2) is 33.5 Å². The first-order valence-corrected chi connectivity index (χ1v) is 7.25. The second-order valence-corrected chi connectivity index (χ2v) is 5.04. The highest BCUT2D eigenvalue weighted by Gasteiger charge is 2.06. The van der Waals surface area contributed by atoms with Crippen molar-refractivity contribution in [3.8, 4) is 11.5 Å². The first-order chi connectivity index (χ1) is 9.67. The van der Waals surface area contributed by atoms with E-state index in [9.17, 15) is 0 Å². The smallest absolute Gasteiger partial charge is 0.127 e. The predicted octanol–water partition coefficient (Wildman–Crippen LogP) is 2.86. The Labute approximate surface area is 122 Å². The number of rotatable bonds is 10. The SMILES string of the molecule is CCOCCOc1cc(OC)ccc1CNCC(C)C. The van der Waals surface area contributed by atoms with Gasteiger partial charge < -0.3 is 19.5 Å². The summed E-state index contributed by atoms with van der Waals surface area (Å²) in [6, 6.07) is 5.93. The van der Waals surface area contributed by atoms with Crippen molar-refractivity contribution in [3.05, 3.63) is 23.8 Å². The van der Waals surface area contributed by atoms with Crippen LogP contribution in [0.5, 0.6) is 11.5 Å². The van der Waals surface area contributed by atoms with Gasteiger partial charge in [-0.05, 0) is 25.5 Å². The number of ether oxygens (including phenoxy) is 3. The van der Waals surface area contributed by atoms with E-state index >= 15 is 0 Å². The van der Waals surface area contributed by atoms with Crippen LogP contribution in [0.2, 0.25) is 0 Å². The summed E-state index contributed by atoms with van der Waals surface area (Å²) in [5.74, 6) is 2.31. The van der Waals surface area contributed by atoms with E-state index in [1.165, 1.54) is 0 Å². The summed E-state index contributed by atoms with van der Waals surface area (Å²) in [7, 11) is 1.66. The third-order valence-electron chi connectivity index (χ3n) is 2.83. The molecule has 1 rings (SSSR count). The van der Waals surface area contributed by atoms with Crippen LogP contribution in [0.25, 0.3) is 0 Å². The van der Waals surface area contributed by atoms with E-state index in [1.807, 2.05) is 25.1 Å². The molecule has 0 radical (unpaired) electrons. The van der Waals surface area contributed by atoms with Crippen LogP contribution < -0.4 is 14.8 Å². The molecule has 0 saturated carbocycles. The Morgan fingerprint density at radius 2 is 2.00 bits per heavy atom. The largest absolute Gasteiger partial charge is 0.497 e. The Hall–Kier alpha value is -1.26. The molecule has 1 N–H and O–H groups in total. The van der Waals surface area contributed by atoms with Gasteiger partial charge in [0.1, 0.15) is 18.1 Å². The van der Waals surface area contributed by atoms with Gasteiger partial charge >= 0.3 is 0 Å². The first kappa shape index (κ1) is 16.8. The highest BCUT2D eigenvalue weighted by molar-refractivity contribution is 5.40. The highest BCUT2D eigenvalue weighted by atomic mass is 16.5. The fourth-order valence-electron chi connectivity index (χ4n) is 1.79. The Bertz CT molecular complexity index is 380. The fraction of sp³-hybridized carbons (Fsp3) is 0.625. The molecular weight excluding hydrogens is 254 g/mol. The maximum absolute atomic E-state index is 5.79. The summed E-state index contributed by atoms with van der Waals surface area (Å²) in [5, 5.41) is 3.43. The number of methoxy groups -OCH3 is 1. The Morgan fingerprint density at radius 3 is 2.65 bits per heavy atom. The Morgan fingerprint density at radius 1 is 1.20 bits per heavy atom. The van der Waals surface area contributed by atoms with E-state index < -0.39 is 0 Å². The van der Waals surface area contributed by atoms with Crippen molar-refractivity contribution in [1.29, 1.82) is 0 Å². The summed E-state index contributed by atoms with van der Waals surface area (Å²) in [5.41, 5.74) is 1.14. The van der Waals surface area contributed by atoms with Crippen molar-refractivity contribution in [1.82, 2.24) is 5.32 Å². The van der Waals surface area contributed by atoms with Crippen LogP contribution in [0.15, 0.2) is 18.2 Å². The van der Waals surface area contributed by atoms with Crippen LogP contribution in [0.1, 0.15) is 26.3 Å². The van der Waals surface area contributed by atoms with Crippen LogP contribution >= 0.6 is 0 Å². The number of hydrogen-bond acceptors (Lipinski definition) is 4. The van der Waals surface area contributed by atoms with Gasteiger partial charge in [-0.1, -0.05) is 19.9 Å². The minimum absolute atomic E-state index is 0.554. The zero-order valence-corrected chi connectivity index (χ0v) is 13.1. The second-order valence-electron chi connectivity index (χ2n) is 5.04. The standard InChI is InChI=1S/C16H27NO3/c1-5-19-8-9-20-16-10-15(18-4)7-6-14(16)12-17-11-13(2)3/h6-7,10,13,17H,5,8-9,11-12H2,1-4H3. The molecule has 0 unspecified atom stereocenters. The third-order valence-corrected chi connectivity index (χ3v) is 2.83. The van der Waals surface area contributed by atoms with E-state index in [-0.39, 0.29) is 0 Å². The predicted molar refractivity (Wildman–Crippen MR) is 81.5 cm³/mol. The molecule has 0 spiro atoms. The molecule has 0 bridgehead atoms. The van der Waals surface area contributed by atoms with Crippen LogP contribution in [0, 0.1) is 5.92 Å². The zero-order chi connectivity index (χ0) is 14.8. The van der Waals surface area contributed by atoms with E-state index in [0.717, 1.165) is 30.2 Å². The van der Waals surface area contributed by atoms with Crippen molar-refractivity contribution in [2.45, 2.75) is 27.3 Å². The molecule has 0 heterocycles. The zero-order valence-electron chi connectivity index (χ0n) is 13.1. The molecule has 0 aliphatic heterocycles. The number of nitrogens with one attached hydrogen (secondary N) is 1. The van der Waals surface area contributed by atoms with E-state index in [2.05, 4.69) is 19.2 Å². The molecule has 114 valence electrons. The molecular formula is C16H27NO3. The van der Waals surface area contributed by atoms with Gasteiger partial charge in [0.15, 0.2) is 0 Å². The molecule has 0 fully saturated rings. The lowest BCUT2D eigenvalue weighted by atomic mass is 10.1. The quantitative estimate of drug-likeness (QED) is 0.669. The van der Waals surface area contributed by atoms with Gasteiger partial charge in [0.05, 0.1) is 13.7 Å². The Balaban J connectivity index is 2.60. The molecule has 0 amide bonds. The summed E-state index contributed by atoms with van der Waals surface area (Å²) >= 11 is 0. The molecule has 4 heteroatoms. The number of hydrogen-bond donors (Lipinski definition) is 1. The monoisotopic (exact) mass is 281 g/mol. The molecule has 0 saturated heterocycles. The minimum atomic E-state index is 0.554. The van der Waals surface area contributed by atoms with Crippen molar-refractivity contribution in [2.75, 3.05) is 33.5 Å². The molecule has 20 heavy (non-hydrogen) atoms. The van der Waals surface area contributed by atoms with Gasteiger partial charge in [0.25, 0.3) is 0 Å². The fourth-order valence-corrected chi connectivity index (χ4v) is 1.79. The average Bonchev–Trinajstić information content (AvgIpc) is 2.44. The first-order valence-electron chi connectivity index (χ1n) is 7.25. The van der Waals surface area contributed by atoms with Crippen LogP contribution in [-0.2, 0) is 11.3 Å². The third kappa shape index (κ3) is 6.26. The lowest BCUT2D eigenvalue weighted by Crippen LogP contribution is -2.19. The molecule has 0 aromatic heterocycles. The highest BCUT2D eigenvalue weighted by Crippen LogP contribution is 2.24. The van der Waals surface area contributed by atoms with Gasteiger partial charge in [0.2, 0.25) is 0 Å². The normalized spacial score (nSPS) is 10.8. The topological polar surface area (TPSA) is 39.7 Å². The molecule has 1 aromatic rings. The van der Waals surface area contributed by atoms with Crippen molar-refractivity contribution >= 4 is 0 Å². The molecule has 0 atom stereocenters. The van der Waals surface area contributed by atoms with E-state index in [1.54, 1.807) is 7.11 Å². The van der Waals surface area contributed by atoms with E-state index in [0.29, 0.717) is 25.7 Å². The summed E-state index contributed by atoms with van der Waals surface area (Å²) in [4.78, 5) is 0. The lowest BCUT2D eigenvalue weighted by molar-refractivity contribution is 0.109. The Kier molecular flexibility index (Phi) is 8.07. The van der Waals surface area contributed by atoms with E-state index in [4.69, 9.17) is 14.2 Å². The van der Waals surface area contributed by atoms with Crippen molar-refractivity contribution in [2.24, 2.45) is 5.92 Å². The lowest BCUT2D eigenvalue weighted by Gasteiger charge is -2.14. The second kappa shape index (κ2) is 9.61. The molecule has 0 aliphatic rings. The van der Waals surface area contributed by atoms with Crippen molar-refractivity contribution in [3.63, 3.8) is 0 Å².